The van der Waals surface area contributed by atoms with Crippen LogP contribution in [0.15, 0.2) is 12.1 Å². The van der Waals surface area contributed by atoms with Crippen LogP contribution >= 0.6 is 0 Å². The van der Waals surface area contributed by atoms with E-state index in [-0.39, 0.29) is 0 Å². The molecule has 1 heterocycles. The molecule has 1 aliphatic heterocycles. The van der Waals surface area contributed by atoms with Gasteiger partial charge in [-0.2, -0.15) is 0 Å². The van der Waals surface area contributed by atoms with Crippen molar-refractivity contribution in [1.82, 2.24) is 5.32 Å². The lowest BCUT2D eigenvalue weighted by Gasteiger charge is -2.41. The zero-order chi connectivity index (χ0) is 15.2. The van der Waals surface area contributed by atoms with Crippen LogP contribution in [0.25, 0.3) is 0 Å². The van der Waals surface area contributed by atoms with E-state index in [0.717, 1.165) is 4.90 Å². The van der Waals surface area contributed by atoms with Gasteiger partial charge in [0.2, 0.25) is 5.91 Å². The normalized spacial score (nSPS) is 21.9. The average molecular weight is 286 g/mol. The monoisotopic (exact) mass is 286 g/mol. The Labute approximate surface area is 113 Å². The molecule has 1 atom stereocenters. The zero-order valence-corrected chi connectivity index (χ0v) is 11.1. The van der Waals surface area contributed by atoms with Crippen molar-refractivity contribution in [3.05, 3.63) is 29.6 Å². The summed E-state index contributed by atoms with van der Waals surface area (Å²) in [5.41, 5.74) is -1.86. The predicted molar refractivity (Wildman–Crippen MR) is 65.5 cm³/mol. The first kappa shape index (κ1) is 14.4. The number of benzene rings is 1. The van der Waals surface area contributed by atoms with Gasteiger partial charge in [-0.1, -0.05) is 0 Å². The number of carbonyl (C=O) groups excluding carboxylic acids is 2. The molecule has 1 unspecified atom stereocenters. The Hall–Kier alpha value is -2.05. The molecule has 1 aliphatic rings. The summed E-state index contributed by atoms with van der Waals surface area (Å²) in [6.45, 7) is 4.21. The smallest absolute Gasteiger partial charge is 0.252 e. The van der Waals surface area contributed by atoms with Crippen LogP contribution in [0.4, 0.5) is 18.9 Å². The molecule has 1 aromatic carbocycles. The van der Waals surface area contributed by atoms with Crippen LogP contribution < -0.4 is 10.2 Å². The van der Waals surface area contributed by atoms with E-state index >= 15 is 0 Å². The number of amides is 2. The molecule has 20 heavy (non-hydrogen) atoms. The van der Waals surface area contributed by atoms with Crippen molar-refractivity contribution >= 4 is 17.5 Å². The van der Waals surface area contributed by atoms with E-state index in [4.69, 9.17) is 0 Å². The molecule has 7 heteroatoms. The Kier molecular flexibility index (Phi) is 3.23. The Balaban J connectivity index is 2.60. The summed E-state index contributed by atoms with van der Waals surface area (Å²) in [6.07, 6.45) is 0. The van der Waals surface area contributed by atoms with Gasteiger partial charge in [0.1, 0.15) is 17.4 Å². The molecule has 1 aromatic rings. The van der Waals surface area contributed by atoms with Crippen LogP contribution in [-0.4, -0.2) is 23.4 Å². The SMILES string of the molecule is CC1C(=O)NC(C)(C)C(=O)N1c1cc(F)cc(F)c1F. The third-order valence-electron chi connectivity index (χ3n) is 3.19. The number of hydrogen-bond donors (Lipinski definition) is 1. The lowest BCUT2D eigenvalue weighted by molar-refractivity contribution is -0.136. The van der Waals surface area contributed by atoms with E-state index in [2.05, 4.69) is 5.32 Å². The minimum atomic E-state index is -1.41. The maximum absolute atomic E-state index is 13.8. The summed E-state index contributed by atoms with van der Waals surface area (Å²) in [5, 5.41) is 2.46. The number of halogens is 3. The average Bonchev–Trinajstić information content (AvgIpc) is 2.32. The zero-order valence-electron chi connectivity index (χ0n) is 11.1. The van der Waals surface area contributed by atoms with Crippen molar-refractivity contribution in [3.63, 3.8) is 0 Å². The van der Waals surface area contributed by atoms with Gasteiger partial charge >= 0.3 is 0 Å². The molecule has 108 valence electrons. The molecule has 0 saturated carbocycles. The van der Waals surface area contributed by atoms with Gasteiger partial charge in [-0.15, -0.1) is 0 Å². The fourth-order valence-electron chi connectivity index (χ4n) is 2.10. The van der Waals surface area contributed by atoms with Crippen molar-refractivity contribution < 1.29 is 22.8 Å². The summed E-state index contributed by atoms with van der Waals surface area (Å²) in [4.78, 5) is 24.9. The molecule has 1 fully saturated rings. The number of piperazine rings is 1. The largest absolute Gasteiger partial charge is 0.340 e. The van der Waals surface area contributed by atoms with Gasteiger partial charge in [0, 0.05) is 12.1 Å². The molecule has 0 spiro atoms. The first-order valence-electron chi connectivity index (χ1n) is 5.95. The number of anilines is 1. The Bertz CT molecular complexity index is 602. The Morgan fingerprint density at radius 1 is 1.20 bits per heavy atom. The van der Waals surface area contributed by atoms with Crippen LogP contribution in [-0.2, 0) is 9.59 Å². The molecule has 0 radical (unpaired) electrons. The molecule has 0 aromatic heterocycles. The number of carbonyl (C=O) groups is 2. The second-order valence-corrected chi connectivity index (χ2v) is 5.19. The van der Waals surface area contributed by atoms with Crippen molar-refractivity contribution in [2.75, 3.05) is 4.90 Å². The summed E-state index contributed by atoms with van der Waals surface area (Å²) < 4.78 is 40.4. The molecule has 2 rings (SSSR count). The van der Waals surface area contributed by atoms with E-state index < -0.39 is 46.5 Å². The Morgan fingerprint density at radius 2 is 1.80 bits per heavy atom. The van der Waals surface area contributed by atoms with E-state index in [1.54, 1.807) is 0 Å². The molecular formula is C13H13F3N2O2. The highest BCUT2D eigenvalue weighted by atomic mass is 19.2. The van der Waals surface area contributed by atoms with E-state index in [9.17, 15) is 22.8 Å². The van der Waals surface area contributed by atoms with E-state index in [1.165, 1.54) is 20.8 Å². The first-order valence-corrected chi connectivity index (χ1v) is 5.95. The van der Waals surface area contributed by atoms with Crippen molar-refractivity contribution in [1.29, 1.82) is 0 Å². The van der Waals surface area contributed by atoms with Gasteiger partial charge in [0.05, 0.1) is 5.69 Å². The maximum atomic E-state index is 13.8. The van der Waals surface area contributed by atoms with Crippen LogP contribution in [0.1, 0.15) is 20.8 Å². The summed E-state index contributed by atoms with van der Waals surface area (Å²) in [5.74, 6) is -4.98. The Morgan fingerprint density at radius 3 is 2.40 bits per heavy atom. The third kappa shape index (κ3) is 2.13. The van der Waals surface area contributed by atoms with Gasteiger partial charge < -0.3 is 5.32 Å². The summed E-state index contributed by atoms with van der Waals surface area (Å²) >= 11 is 0. The minimum Gasteiger partial charge on any atom is -0.340 e. The highest BCUT2D eigenvalue weighted by Crippen LogP contribution is 2.29. The van der Waals surface area contributed by atoms with Gasteiger partial charge in [-0.3, -0.25) is 14.5 Å². The predicted octanol–water partition coefficient (Wildman–Crippen LogP) is 1.73. The lowest BCUT2D eigenvalue weighted by atomic mass is 9.96. The van der Waals surface area contributed by atoms with E-state index in [0.29, 0.717) is 12.1 Å². The van der Waals surface area contributed by atoms with Gasteiger partial charge in [0.15, 0.2) is 11.6 Å². The summed E-state index contributed by atoms with van der Waals surface area (Å²) in [6, 6.07) is 0.0104. The number of rotatable bonds is 1. The van der Waals surface area contributed by atoms with Crippen molar-refractivity contribution in [3.8, 4) is 0 Å². The second-order valence-electron chi connectivity index (χ2n) is 5.19. The summed E-state index contributed by atoms with van der Waals surface area (Å²) in [7, 11) is 0. The van der Waals surface area contributed by atoms with Gasteiger partial charge in [0.25, 0.3) is 5.91 Å². The van der Waals surface area contributed by atoms with Crippen LogP contribution in [0, 0.1) is 17.5 Å². The first-order chi connectivity index (χ1) is 9.15. The molecule has 1 saturated heterocycles. The van der Waals surface area contributed by atoms with E-state index in [1.807, 2.05) is 0 Å². The highest BCUT2D eigenvalue weighted by molar-refractivity contribution is 6.10. The van der Waals surface area contributed by atoms with Crippen LogP contribution in [0.5, 0.6) is 0 Å². The second kappa shape index (κ2) is 4.50. The number of nitrogens with zero attached hydrogens (tertiary/aromatic N) is 1. The van der Waals surface area contributed by atoms with Crippen LogP contribution in [0.3, 0.4) is 0 Å². The van der Waals surface area contributed by atoms with Gasteiger partial charge in [-0.25, -0.2) is 13.2 Å². The molecule has 0 bridgehead atoms. The number of nitrogens with one attached hydrogen (secondary N) is 1. The van der Waals surface area contributed by atoms with Gasteiger partial charge in [-0.05, 0) is 20.8 Å². The molecule has 4 nitrogen and oxygen atoms in total. The minimum absolute atomic E-state index is 0.378. The standard InChI is InChI=1S/C13H13F3N2O2/c1-6-11(19)17-13(2,3)12(20)18(6)9-5-7(14)4-8(15)10(9)16/h4-6H,1-3H3,(H,17,19). The topological polar surface area (TPSA) is 49.4 Å². The molecule has 0 aliphatic carbocycles. The van der Waals surface area contributed by atoms with Crippen molar-refractivity contribution in [2.45, 2.75) is 32.4 Å². The fourth-order valence-corrected chi connectivity index (χ4v) is 2.10. The third-order valence-corrected chi connectivity index (χ3v) is 3.19. The fraction of sp³-hybridized carbons (Fsp3) is 0.385. The lowest BCUT2D eigenvalue weighted by Crippen LogP contribution is -2.67. The number of hydrogen-bond acceptors (Lipinski definition) is 2. The molecule has 2 amide bonds. The highest BCUT2D eigenvalue weighted by Gasteiger charge is 2.45. The molecular weight excluding hydrogens is 273 g/mol. The maximum Gasteiger partial charge on any atom is 0.252 e. The van der Waals surface area contributed by atoms with Crippen LogP contribution in [0.2, 0.25) is 0 Å². The quantitative estimate of drug-likeness (QED) is 0.799. The van der Waals surface area contributed by atoms with Crippen molar-refractivity contribution in [2.24, 2.45) is 0 Å². The molecule has 1 N–H and O–H groups in total.